The van der Waals surface area contributed by atoms with Crippen molar-refractivity contribution >= 4 is 0 Å². The highest BCUT2D eigenvalue weighted by Crippen LogP contribution is 1.99. The molecule has 0 bridgehead atoms. The van der Waals surface area contributed by atoms with E-state index < -0.39 is 0 Å². The molecule has 0 spiro atoms. The van der Waals surface area contributed by atoms with Crippen LogP contribution in [0.4, 0.5) is 0 Å². The molecule has 0 atom stereocenters. The molecule has 0 fully saturated rings. The van der Waals surface area contributed by atoms with E-state index in [0.29, 0.717) is 6.54 Å². The number of nitrogens with zero attached hydrogens (tertiary/aromatic N) is 1. The second-order valence-corrected chi connectivity index (χ2v) is 1.99. The zero-order valence-corrected chi connectivity index (χ0v) is 5.68. The Morgan fingerprint density at radius 3 is 2.67 bits per heavy atom. The Morgan fingerprint density at radius 2 is 2.11 bits per heavy atom. The van der Waals surface area contributed by atoms with Gasteiger partial charge in [0.25, 0.3) is 0 Å². The summed E-state index contributed by atoms with van der Waals surface area (Å²) in [6.07, 6.45) is 6.11. The zero-order valence-electron chi connectivity index (χ0n) is 5.68. The molecule has 0 N–H and O–H groups in total. The first-order valence-electron chi connectivity index (χ1n) is 3.32. The van der Waals surface area contributed by atoms with Gasteiger partial charge in [0.05, 0.1) is 6.54 Å². The van der Waals surface area contributed by atoms with Gasteiger partial charge in [0.2, 0.25) is 0 Å². The third kappa shape index (κ3) is 7.34. The molecule has 0 saturated carbocycles. The van der Waals surface area contributed by atoms with Crippen molar-refractivity contribution in [1.82, 2.24) is 0 Å². The van der Waals surface area contributed by atoms with Crippen molar-refractivity contribution in [2.24, 2.45) is 5.18 Å². The van der Waals surface area contributed by atoms with Crippen LogP contribution in [0.25, 0.3) is 0 Å². The van der Waals surface area contributed by atoms with Crippen LogP contribution >= 0.6 is 0 Å². The molecule has 0 rings (SSSR count). The summed E-state index contributed by atoms with van der Waals surface area (Å²) >= 11 is 0. The lowest BCUT2D eigenvalue weighted by Gasteiger charge is -1.90. The van der Waals surface area contributed by atoms with E-state index in [1.54, 1.807) is 0 Å². The average molecular weight is 127 g/mol. The Bertz CT molecular complexity index is 71.0. The molecular weight excluding hydrogens is 114 g/mol. The molecule has 0 heterocycles. The fourth-order valence-electron chi connectivity index (χ4n) is 0.642. The molecule has 0 aromatic heterocycles. The van der Waals surface area contributed by atoms with Crippen LogP contribution in [0.2, 0.25) is 0 Å². The summed E-state index contributed by atoms with van der Waals surface area (Å²) in [5.74, 6) is 0. The van der Waals surface area contributed by atoms with Gasteiger partial charge in [0.15, 0.2) is 0 Å². The molecule has 9 heavy (non-hydrogen) atoms. The van der Waals surface area contributed by atoms with Gasteiger partial charge in [-0.25, -0.2) is 0 Å². The lowest BCUT2D eigenvalue weighted by Crippen LogP contribution is -1.79. The molecule has 0 aromatic carbocycles. The minimum atomic E-state index is 0.469. The van der Waals surface area contributed by atoms with Crippen LogP contribution in [0.5, 0.6) is 0 Å². The highest BCUT2D eigenvalue weighted by Gasteiger charge is 1.85. The summed E-state index contributed by atoms with van der Waals surface area (Å²) in [7, 11) is 0. The highest BCUT2D eigenvalue weighted by molar-refractivity contribution is 4.65. The maximum Gasteiger partial charge on any atom is 0.0811 e. The number of unbranched alkanes of at least 4 members (excludes halogenated alkanes) is 3. The van der Waals surface area contributed by atoms with Gasteiger partial charge in [-0.3, -0.25) is 0 Å². The third-order valence-electron chi connectivity index (χ3n) is 1.16. The maximum absolute atomic E-state index is 9.57. The fraction of sp³-hybridized carbons (Fsp3) is 0.714. The molecule has 0 radical (unpaired) electrons. The Labute approximate surface area is 55.9 Å². The molecule has 0 aliphatic rings. The van der Waals surface area contributed by atoms with Crippen molar-refractivity contribution in [1.29, 1.82) is 0 Å². The minimum Gasteiger partial charge on any atom is -0.151 e. The van der Waals surface area contributed by atoms with Gasteiger partial charge in [0, 0.05) is 0 Å². The molecule has 2 heteroatoms. The van der Waals surface area contributed by atoms with Crippen molar-refractivity contribution in [3.8, 4) is 0 Å². The Kier molecular flexibility index (Phi) is 6.80. The van der Waals surface area contributed by atoms with Gasteiger partial charge in [-0.05, 0) is 19.3 Å². The van der Waals surface area contributed by atoms with E-state index in [0.717, 1.165) is 25.7 Å². The SMILES string of the molecule is C=CCCCCCN=O. The van der Waals surface area contributed by atoms with Crippen molar-refractivity contribution in [2.75, 3.05) is 6.54 Å². The van der Waals surface area contributed by atoms with E-state index in [1.165, 1.54) is 0 Å². The van der Waals surface area contributed by atoms with E-state index in [1.807, 2.05) is 6.08 Å². The number of hydrogen-bond donors (Lipinski definition) is 0. The first kappa shape index (κ1) is 8.34. The quantitative estimate of drug-likeness (QED) is 0.306. The minimum absolute atomic E-state index is 0.469. The van der Waals surface area contributed by atoms with Crippen LogP contribution in [0, 0.1) is 4.91 Å². The molecule has 0 saturated heterocycles. The second-order valence-electron chi connectivity index (χ2n) is 1.99. The van der Waals surface area contributed by atoms with E-state index in [2.05, 4.69) is 11.8 Å². The smallest absolute Gasteiger partial charge is 0.0811 e. The summed E-state index contributed by atoms with van der Waals surface area (Å²) in [4.78, 5) is 9.57. The van der Waals surface area contributed by atoms with Crippen LogP contribution < -0.4 is 0 Å². The van der Waals surface area contributed by atoms with Crippen LogP contribution in [0.3, 0.4) is 0 Å². The van der Waals surface area contributed by atoms with Gasteiger partial charge >= 0.3 is 0 Å². The number of nitroso groups, excluding NO2 is 1. The highest BCUT2D eigenvalue weighted by atomic mass is 16.3. The van der Waals surface area contributed by atoms with E-state index >= 15 is 0 Å². The van der Waals surface area contributed by atoms with Crippen molar-refractivity contribution < 1.29 is 0 Å². The average Bonchev–Trinajstić information content (AvgIpc) is 1.89. The summed E-state index contributed by atoms with van der Waals surface area (Å²) in [5, 5.41) is 2.76. The van der Waals surface area contributed by atoms with Gasteiger partial charge in [0.1, 0.15) is 0 Å². The molecule has 0 aromatic rings. The van der Waals surface area contributed by atoms with Crippen molar-refractivity contribution in [2.45, 2.75) is 25.7 Å². The Morgan fingerprint density at radius 1 is 1.33 bits per heavy atom. The first-order valence-corrected chi connectivity index (χ1v) is 3.32. The number of hydrogen-bond acceptors (Lipinski definition) is 2. The van der Waals surface area contributed by atoms with Gasteiger partial charge in [-0.2, -0.15) is 4.91 Å². The third-order valence-corrected chi connectivity index (χ3v) is 1.16. The summed E-state index contributed by atoms with van der Waals surface area (Å²) in [5.41, 5.74) is 0. The second kappa shape index (κ2) is 7.34. The molecule has 0 unspecified atom stereocenters. The van der Waals surface area contributed by atoms with Crippen LogP contribution in [-0.2, 0) is 0 Å². The molecule has 52 valence electrons. The van der Waals surface area contributed by atoms with E-state index in [9.17, 15) is 4.91 Å². The predicted octanol–water partition coefficient (Wildman–Crippen LogP) is 2.50. The van der Waals surface area contributed by atoms with Gasteiger partial charge in [-0.15, -0.1) is 6.58 Å². The van der Waals surface area contributed by atoms with Gasteiger partial charge < -0.3 is 0 Å². The summed E-state index contributed by atoms with van der Waals surface area (Å²) in [6, 6.07) is 0. The van der Waals surface area contributed by atoms with Crippen molar-refractivity contribution in [3.05, 3.63) is 17.6 Å². The normalized spacial score (nSPS) is 8.89. The Balaban J connectivity index is 2.74. The largest absolute Gasteiger partial charge is 0.151 e. The molecule has 2 nitrogen and oxygen atoms in total. The summed E-state index contributed by atoms with van der Waals surface area (Å²) < 4.78 is 0. The van der Waals surface area contributed by atoms with E-state index in [4.69, 9.17) is 0 Å². The van der Waals surface area contributed by atoms with Crippen LogP contribution in [-0.4, -0.2) is 6.54 Å². The Hall–Kier alpha value is -0.660. The van der Waals surface area contributed by atoms with Crippen LogP contribution in [0.15, 0.2) is 17.8 Å². The van der Waals surface area contributed by atoms with Crippen molar-refractivity contribution in [3.63, 3.8) is 0 Å². The lowest BCUT2D eigenvalue weighted by atomic mass is 10.2. The fourth-order valence-corrected chi connectivity index (χ4v) is 0.642. The molecule has 0 aliphatic carbocycles. The van der Waals surface area contributed by atoms with Gasteiger partial charge in [-0.1, -0.05) is 17.7 Å². The topological polar surface area (TPSA) is 29.4 Å². The number of rotatable bonds is 6. The standard InChI is InChI=1S/C7H13NO/c1-2-3-4-5-6-7-8-9/h2H,1,3-7H2. The number of allylic oxidation sites excluding steroid dienone is 1. The zero-order chi connectivity index (χ0) is 6.95. The van der Waals surface area contributed by atoms with Crippen LogP contribution in [0.1, 0.15) is 25.7 Å². The first-order chi connectivity index (χ1) is 4.41. The molecule has 0 amide bonds. The predicted molar refractivity (Wildman–Crippen MR) is 39.3 cm³/mol. The summed E-state index contributed by atoms with van der Waals surface area (Å²) in [6.45, 7) is 4.06. The monoisotopic (exact) mass is 127 g/mol. The maximum atomic E-state index is 9.57. The van der Waals surface area contributed by atoms with E-state index in [-0.39, 0.29) is 0 Å². The lowest BCUT2D eigenvalue weighted by molar-refractivity contribution is 0.695. The molecule has 0 aliphatic heterocycles. The molecular formula is C7H13NO.